The first-order valence-electron chi connectivity index (χ1n) is 9.60. The normalized spacial score (nSPS) is 10.8. The van der Waals surface area contributed by atoms with Gasteiger partial charge in [0.2, 0.25) is 11.2 Å². The molecular weight excluding hydrogens is 416 g/mol. The maximum absolute atomic E-state index is 13.2. The minimum atomic E-state index is -0.385. The summed E-state index contributed by atoms with van der Waals surface area (Å²) in [6, 6.07) is 19.1. The van der Waals surface area contributed by atoms with E-state index in [1.54, 1.807) is 43.5 Å². The number of Topliss-reactive ketones (excluding diaryl/α,β-unsaturated/α-hetero) is 1. The van der Waals surface area contributed by atoms with Gasteiger partial charge in [0.1, 0.15) is 11.3 Å². The summed E-state index contributed by atoms with van der Waals surface area (Å²) in [6.45, 7) is 1.52. The van der Waals surface area contributed by atoms with Crippen LogP contribution in [0.15, 0.2) is 75.9 Å². The fraction of sp³-hybridized carbons (Fsp3) is 0.120. The van der Waals surface area contributed by atoms with Gasteiger partial charge in [0.15, 0.2) is 18.2 Å². The molecule has 0 spiro atoms. The van der Waals surface area contributed by atoms with Crippen molar-refractivity contribution in [1.29, 1.82) is 0 Å². The molecule has 0 bridgehead atoms. The molecule has 0 atom stereocenters. The fourth-order valence-electron chi connectivity index (χ4n) is 3.21. The highest BCUT2D eigenvalue weighted by Gasteiger charge is 2.20. The highest BCUT2D eigenvalue weighted by Crippen LogP contribution is 2.32. The molecule has 6 heteroatoms. The average molecular weight is 435 g/mol. The third-order valence-electron chi connectivity index (χ3n) is 4.93. The molecular formula is C25H19ClO5. The number of ether oxygens (including phenoxy) is 2. The predicted molar refractivity (Wildman–Crippen MR) is 120 cm³/mol. The molecule has 0 aliphatic rings. The number of benzene rings is 3. The zero-order valence-corrected chi connectivity index (χ0v) is 17.7. The van der Waals surface area contributed by atoms with Gasteiger partial charge in [0, 0.05) is 16.1 Å². The highest BCUT2D eigenvalue weighted by atomic mass is 35.5. The van der Waals surface area contributed by atoms with Crippen LogP contribution >= 0.6 is 11.6 Å². The van der Waals surface area contributed by atoms with Crippen LogP contribution in [0.25, 0.3) is 22.3 Å². The van der Waals surface area contributed by atoms with Crippen molar-refractivity contribution < 1.29 is 18.7 Å². The van der Waals surface area contributed by atoms with Crippen LogP contribution in [0.2, 0.25) is 5.02 Å². The number of hydrogen-bond donors (Lipinski definition) is 0. The van der Waals surface area contributed by atoms with Crippen LogP contribution in [0, 0.1) is 6.92 Å². The lowest BCUT2D eigenvalue weighted by Crippen LogP contribution is -2.17. The second kappa shape index (κ2) is 8.66. The largest absolute Gasteiger partial charge is 0.497 e. The summed E-state index contributed by atoms with van der Waals surface area (Å²) in [4.78, 5) is 25.9. The summed E-state index contributed by atoms with van der Waals surface area (Å²) in [5.41, 5.74) is 1.93. The third-order valence-corrected chi connectivity index (χ3v) is 5.33. The lowest BCUT2D eigenvalue weighted by molar-refractivity contribution is 0.0920. The van der Waals surface area contributed by atoms with Crippen molar-refractivity contribution in [3.8, 4) is 22.8 Å². The number of fused-ring (bicyclic) bond motifs is 1. The maximum atomic E-state index is 13.2. The zero-order valence-electron chi connectivity index (χ0n) is 17.0. The van der Waals surface area contributed by atoms with E-state index in [9.17, 15) is 9.59 Å². The topological polar surface area (TPSA) is 65.7 Å². The smallest absolute Gasteiger partial charge is 0.235 e. The molecule has 31 heavy (non-hydrogen) atoms. The van der Waals surface area contributed by atoms with Gasteiger partial charge in [-0.3, -0.25) is 9.59 Å². The van der Waals surface area contributed by atoms with Gasteiger partial charge < -0.3 is 13.9 Å². The van der Waals surface area contributed by atoms with Gasteiger partial charge in [-0.25, -0.2) is 0 Å². The number of rotatable bonds is 6. The van der Waals surface area contributed by atoms with Crippen LogP contribution in [0.4, 0.5) is 0 Å². The Morgan fingerprint density at radius 3 is 2.42 bits per heavy atom. The van der Waals surface area contributed by atoms with Crippen molar-refractivity contribution in [2.24, 2.45) is 0 Å². The second-order valence-electron chi connectivity index (χ2n) is 6.99. The van der Waals surface area contributed by atoms with Crippen molar-refractivity contribution in [1.82, 2.24) is 0 Å². The Balaban J connectivity index is 1.76. The van der Waals surface area contributed by atoms with Crippen molar-refractivity contribution in [2.75, 3.05) is 13.7 Å². The van der Waals surface area contributed by atoms with E-state index in [1.807, 2.05) is 37.3 Å². The Labute approximate surface area is 183 Å². The van der Waals surface area contributed by atoms with E-state index >= 15 is 0 Å². The molecule has 0 saturated heterocycles. The molecule has 5 nitrogen and oxygen atoms in total. The van der Waals surface area contributed by atoms with E-state index in [2.05, 4.69) is 0 Å². The van der Waals surface area contributed by atoms with Gasteiger partial charge in [-0.1, -0.05) is 41.9 Å². The molecule has 0 fully saturated rings. The van der Waals surface area contributed by atoms with Gasteiger partial charge in [-0.2, -0.15) is 0 Å². The zero-order chi connectivity index (χ0) is 22.0. The van der Waals surface area contributed by atoms with Crippen LogP contribution in [0.1, 0.15) is 15.9 Å². The van der Waals surface area contributed by atoms with E-state index < -0.39 is 0 Å². The first kappa shape index (κ1) is 20.7. The van der Waals surface area contributed by atoms with E-state index in [0.29, 0.717) is 32.9 Å². The first-order chi connectivity index (χ1) is 15.0. The molecule has 156 valence electrons. The average Bonchev–Trinajstić information content (AvgIpc) is 2.80. The molecule has 0 aliphatic carbocycles. The number of halogens is 1. The van der Waals surface area contributed by atoms with Crippen LogP contribution < -0.4 is 14.9 Å². The molecule has 0 amide bonds. The van der Waals surface area contributed by atoms with E-state index in [1.165, 1.54) is 0 Å². The minimum absolute atomic E-state index is 0.0273. The van der Waals surface area contributed by atoms with Crippen molar-refractivity contribution in [3.63, 3.8) is 0 Å². The molecule has 4 aromatic rings. The number of hydrogen-bond acceptors (Lipinski definition) is 5. The van der Waals surface area contributed by atoms with Gasteiger partial charge >= 0.3 is 0 Å². The molecule has 1 heterocycles. The van der Waals surface area contributed by atoms with Gasteiger partial charge in [0.25, 0.3) is 0 Å². The second-order valence-corrected chi connectivity index (χ2v) is 7.40. The highest BCUT2D eigenvalue weighted by molar-refractivity contribution is 6.32. The summed E-state index contributed by atoms with van der Waals surface area (Å²) >= 11 is 6.22. The molecule has 0 aliphatic heterocycles. The number of ketones is 1. The Morgan fingerprint density at radius 1 is 1.03 bits per heavy atom. The minimum Gasteiger partial charge on any atom is -0.497 e. The predicted octanol–water partition coefficient (Wildman–Crippen LogP) is 5.69. The summed E-state index contributed by atoms with van der Waals surface area (Å²) in [5, 5.41) is 0.745. The first-order valence-corrected chi connectivity index (χ1v) is 9.98. The standard InChI is InChI=1S/C25H19ClO5/c1-15-12-22-19(13-20(15)26)23(28)25(24(31-22)17-6-4-3-5-7-17)30-14-21(27)16-8-10-18(29-2)11-9-16/h3-13H,14H2,1-2H3. The summed E-state index contributed by atoms with van der Waals surface area (Å²) in [5.74, 6) is 0.608. The molecule has 1 aromatic heterocycles. The number of carbonyl (C=O) groups is 1. The number of methoxy groups -OCH3 is 1. The third kappa shape index (κ3) is 4.18. The van der Waals surface area contributed by atoms with E-state index in [4.69, 9.17) is 25.5 Å². The van der Waals surface area contributed by atoms with Crippen molar-refractivity contribution >= 4 is 28.4 Å². The quantitative estimate of drug-likeness (QED) is 0.364. The van der Waals surface area contributed by atoms with Crippen molar-refractivity contribution in [2.45, 2.75) is 6.92 Å². The molecule has 3 aromatic carbocycles. The number of aryl methyl sites for hydroxylation is 1. The molecule has 0 saturated carbocycles. The van der Waals surface area contributed by atoms with Crippen LogP contribution in [0.3, 0.4) is 0 Å². The Hall–Kier alpha value is -3.57. The van der Waals surface area contributed by atoms with Crippen LogP contribution in [-0.2, 0) is 0 Å². The molecule has 0 unspecified atom stereocenters. The van der Waals surface area contributed by atoms with E-state index in [0.717, 1.165) is 5.56 Å². The van der Waals surface area contributed by atoms with Crippen LogP contribution in [-0.4, -0.2) is 19.5 Å². The molecule has 4 rings (SSSR count). The SMILES string of the molecule is COc1ccc(C(=O)COc2c(-c3ccccc3)oc3cc(C)c(Cl)cc3c2=O)cc1. The summed E-state index contributed by atoms with van der Waals surface area (Å²) in [7, 11) is 1.55. The van der Waals surface area contributed by atoms with Gasteiger partial charge in [0.05, 0.1) is 12.5 Å². The van der Waals surface area contributed by atoms with E-state index in [-0.39, 0.29) is 29.3 Å². The van der Waals surface area contributed by atoms with Crippen LogP contribution in [0.5, 0.6) is 11.5 Å². The monoisotopic (exact) mass is 434 g/mol. The Kier molecular flexibility index (Phi) is 5.78. The maximum Gasteiger partial charge on any atom is 0.235 e. The van der Waals surface area contributed by atoms with Crippen molar-refractivity contribution in [3.05, 3.63) is 93.1 Å². The summed E-state index contributed by atoms with van der Waals surface area (Å²) < 4.78 is 16.9. The molecule has 0 radical (unpaired) electrons. The summed E-state index contributed by atoms with van der Waals surface area (Å²) in [6.07, 6.45) is 0. The Morgan fingerprint density at radius 2 is 1.74 bits per heavy atom. The fourth-order valence-corrected chi connectivity index (χ4v) is 3.37. The van der Waals surface area contributed by atoms with Gasteiger partial charge in [-0.05, 0) is 48.9 Å². The number of carbonyl (C=O) groups excluding carboxylic acids is 1. The molecule has 0 N–H and O–H groups in total. The lowest BCUT2D eigenvalue weighted by atomic mass is 10.1. The lowest BCUT2D eigenvalue weighted by Gasteiger charge is -2.12. The van der Waals surface area contributed by atoms with Gasteiger partial charge in [-0.15, -0.1) is 0 Å². The Bertz CT molecular complexity index is 1310.